The minimum atomic E-state index is -4.26. The maximum atomic E-state index is 14.3. The van der Waals surface area contributed by atoms with Crippen LogP contribution in [-0.2, 0) is 26.2 Å². The lowest BCUT2D eigenvalue weighted by Gasteiger charge is -2.33. The molecule has 11 heteroatoms. The van der Waals surface area contributed by atoms with Crippen LogP contribution in [0.5, 0.6) is 17.2 Å². The zero-order valence-electron chi connectivity index (χ0n) is 25.7. The summed E-state index contributed by atoms with van der Waals surface area (Å²) in [6.07, 6.45) is 5.02. The highest BCUT2D eigenvalue weighted by Crippen LogP contribution is 2.36. The number of sulfonamides is 1. The number of nitrogens with zero attached hydrogens (tertiary/aromatic N) is 2. The molecule has 44 heavy (non-hydrogen) atoms. The van der Waals surface area contributed by atoms with Crippen molar-refractivity contribution in [1.29, 1.82) is 0 Å². The molecule has 1 atom stereocenters. The Kier molecular flexibility index (Phi) is 11.1. The molecule has 236 valence electrons. The summed E-state index contributed by atoms with van der Waals surface area (Å²) < 4.78 is 45.4. The van der Waals surface area contributed by atoms with Gasteiger partial charge in [-0.2, -0.15) is 0 Å². The molecule has 1 aliphatic rings. The average Bonchev–Trinajstić information content (AvgIpc) is 3.06. The number of methoxy groups -OCH3 is 3. The number of rotatable bonds is 13. The van der Waals surface area contributed by atoms with E-state index in [0.717, 1.165) is 42.0 Å². The Morgan fingerprint density at radius 3 is 2.11 bits per heavy atom. The predicted octanol–water partition coefficient (Wildman–Crippen LogP) is 4.77. The first-order chi connectivity index (χ1) is 21.2. The van der Waals surface area contributed by atoms with E-state index in [4.69, 9.17) is 14.2 Å². The largest absolute Gasteiger partial charge is 0.497 e. The smallest absolute Gasteiger partial charge is 0.264 e. The van der Waals surface area contributed by atoms with E-state index < -0.39 is 28.5 Å². The quantitative estimate of drug-likeness (QED) is 0.292. The van der Waals surface area contributed by atoms with Crippen LogP contribution in [0.15, 0.2) is 77.7 Å². The first-order valence-electron chi connectivity index (χ1n) is 14.7. The molecule has 1 fully saturated rings. The average molecular weight is 624 g/mol. The van der Waals surface area contributed by atoms with Crippen molar-refractivity contribution in [1.82, 2.24) is 10.2 Å². The van der Waals surface area contributed by atoms with Gasteiger partial charge in [0, 0.05) is 18.7 Å². The van der Waals surface area contributed by atoms with E-state index in [0.29, 0.717) is 11.5 Å². The summed E-state index contributed by atoms with van der Waals surface area (Å²) in [5.74, 6) is 0.436. The number of hydrogen-bond donors (Lipinski definition) is 1. The third-order valence-corrected chi connectivity index (χ3v) is 9.67. The maximum Gasteiger partial charge on any atom is 0.264 e. The van der Waals surface area contributed by atoms with Gasteiger partial charge in [-0.25, -0.2) is 8.42 Å². The second-order valence-corrected chi connectivity index (χ2v) is 12.6. The molecule has 1 saturated carbocycles. The van der Waals surface area contributed by atoms with Crippen molar-refractivity contribution < 1.29 is 32.2 Å². The molecule has 0 aromatic heterocycles. The molecule has 3 aromatic rings. The van der Waals surface area contributed by atoms with Gasteiger partial charge in [-0.15, -0.1) is 0 Å². The van der Waals surface area contributed by atoms with E-state index >= 15 is 0 Å². The van der Waals surface area contributed by atoms with Crippen LogP contribution >= 0.6 is 0 Å². The van der Waals surface area contributed by atoms with Crippen molar-refractivity contribution in [2.75, 3.05) is 32.2 Å². The Morgan fingerprint density at radius 2 is 1.50 bits per heavy atom. The lowest BCUT2D eigenvalue weighted by molar-refractivity contribution is -0.139. The van der Waals surface area contributed by atoms with Crippen LogP contribution in [0, 0.1) is 0 Å². The monoisotopic (exact) mass is 623 g/mol. The van der Waals surface area contributed by atoms with E-state index in [1.54, 1.807) is 56.5 Å². The number of carbonyl (C=O) groups is 2. The van der Waals surface area contributed by atoms with Crippen LogP contribution in [0.25, 0.3) is 0 Å². The molecule has 3 aromatic carbocycles. The minimum absolute atomic E-state index is 0.00228. The van der Waals surface area contributed by atoms with Gasteiger partial charge in [0.1, 0.15) is 29.8 Å². The van der Waals surface area contributed by atoms with E-state index in [-0.39, 0.29) is 34.8 Å². The molecule has 0 bridgehead atoms. The number of anilines is 1. The highest BCUT2D eigenvalue weighted by atomic mass is 32.2. The molecule has 4 rings (SSSR count). The van der Waals surface area contributed by atoms with Crippen molar-refractivity contribution in [3.63, 3.8) is 0 Å². The van der Waals surface area contributed by atoms with Crippen molar-refractivity contribution in [3.05, 3.63) is 78.4 Å². The molecule has 10 nitrogen and oxygen atoms in total. The van der Waals surface area contributed by atoms with E-state index in [9.17, 15) is 18.0 Å². The number of benzene rings is 3. The van der Waals surface area contributed by atoms with E-state index in [1.165, 1.54) is 37.3 Å². The number of carbonyl (C=O) groups excluding carboxylic acids is 2. The van der Waals surface area contributed by atoms with E-state index in [1.807, 2.05) is 12.1 Å². The van der Waals surface area contributed by atoms with E-state index in [2.05, 4.69) is 5.32 Å². The number of amides is 2. The number of hydrogen-bond acceptors (Lipinski definition) is 7. The van der Waals surface area contributed by atoms with Gasteiger partial charge in [0.15, 0.2) is 0 Å². The highest BCUT2D eigenvalue weighted by Gasteiger charge is 2.34. The Balaban J connectivity index is 1.73. The fraction of sp³-hybridized carbons (Fsp3) is 0.394. The minimum Gasteiger partial charge on any atom is -0.497 e. The Bertz CT molecular complexity index is 1510. The molecule has 1 N–H and O–H groups in total. The van der Waals surface area contributed by atoms with Crippen molar-refractivity contribution >= 4 is 27.5 Å². The van der Waals surface area contributed by atoms with Crippen molar-refractivity contribution in [2.24, 2.45) is 0 Å². The fourth-order valence-electron chi connectivity index (χ4n) is 5.30. The van der Waals surface area contributed by atoms with Crippen molar-refractivity contribution in [2.45, 2.75) is 62.6 Å². The molecular weight excluding hydrogens is 582 g/mol. The predicted molar refractivity (Wildman–Crippen MR) is 169 cm³/mol. The third-order valence-electron chi connectivity index (χ3n) is 7.90. The van der Waals surface area contributed by atoms with Gasteiger partial charge in [0.25, 0.3) is 10.0 Å². The van der Waals surface area contributed by atoms with Crippen LogP contribution in [0.4, 0.5) is 5.69 Å². The number of ether oxygens (including phenoxy) is 3. The summed E-state index contributed by atoms with van der Waals surface area (Å²) in [5, 5.41) is 3.11. The summed E-state index contributed by atoms with van der Waals surface area (Å²) in [5.41, 5.74) is 0.889. The molecule has 0 spiro atoms. The summed E-state index contributed by atoms with van der Waals surface area (Å²) in [6, 6.07) is 19.0. The lowest BCUT2D eigenvalue weighted by atomic mass is 9.95. The third kappa shape index (κ3) is 7.82. The van der Waals surface area contributed by atoms with Crippen molar-refractivity contribution in [3.8, 4) is 17.2 Å². The summed E-state index contributed by atoms with van der Waals surface area (Å²) in [4.78, 5) is 29.2. The zero-order valence-corrected chi connectivity index (χ0v) is 26.5. The van der Waals surface area contributed by atoms with Gasteiger partial charge in [0.2, 0.25) is 11.8 Å². The SMILES string of the molecule is COc1ccc(CN(C(=O)CN(c2cc(OC)ccc2OC)S(=O)(=O)c2ccccc2)[C@@H](C)C(=O)NC2CCCCC2)cc1. The van der Waals surface area contributed by atoms with Crippen LogP contribution < -0.4 is 23.8 Å². The Labute approximate surface area is 260 Å². The summed E-state index contributed by atoms with van der Waals surface area (Å²) >= 11 is 0. The zero-order chi connectivity index (χ0) is 31.7. The molecule has 0 saturated heterocycles. The first-order valence-corrected chi connectivity index (χ1v) is 16.1. The molecule has 0 radical (unpaired) electrons. The van der Waals surface area contributed by atoms with Gasteiger partial charge < -0.3 is 24.4 Å². The normalized spacial score (nSPS) is 14.3. The van der Waals surface area contributed by atoms with Crippen LogP contribution in [0.1, 0.15) is 44.6 Å². The van der Waals surface area contributed by atoms with Gasteiger partial charge in [0.05, 0.1) is 31.9 Å². The standard InChI is InChI=1S/C33H41N3O7S/c1-24(33(38)34-26-11-7-5-8-12-26)35(22-25-15-17-27(41-2)18-16-25)32(37)23-36(44(39,40)29-13-9-6-10-14-29)30-21-28(42-3)19-20-31(30)43-4/h6,9-10,13-21,24,26H,5,7-8,11-12,22-23H2,1-4H3,(H,34,38)/t24-/m0/s1. The highest BCUT2D eigenvalue weighted by molar-refractivity contribution is 7.92. The molecule has 1 aliphatic carbocycles. The van der Waals surface area contributed by atoms with Crippen LogP contribution in [0.2, 0.25) is 0 Å². The molecule has 0 heterocycles. The van der Waals surface area contributed by atoms with Gasteiger partial charge >= 0.3 is 0 Å². The maximum absolute atomic E-state index is 14.3. The first kappa shape index (κ1) is 32.7. The Morgan fingerprint density at radius 1 is 0.864 bits per heavy atom. The second-order valence-electron chi connectivity index (χ2n) is 10.8. The van der Waals surface area contributed by atoms with Gasteiger partial charge in [-0.1, -0.05) is 49.6 Å². The van der Waals surface area contributed by atoms with Crippen LogP contribution in [0.3, 0.4) is 0 Å². The molecule has 2 amide bonds. The second kappa shape index (κ2) is 15.0. The summed E-state index contributed by atoms with van der Waals surface area (Å²) in [7, 11) is 0.202. The topological polar surface area (TPSA) is 114 Å². The summed E-state index contributed by atoms with van der Waals surface area (Å²) in [6.45, 7) is 1.16. The fourth-order valence-corrected chi connectivity index (χ4v) is 6.74. The number of nitrogens with one attached hydrogen (secondary N) is 1. The molecule has 0 unspecified atom stereocenters. The molecule has 0 aliphatic heterocycles. The van der Waals surface area contributed by atoms with Gasteiger partial charge in [-0.05, 0) is 61.7 Å². The molecular formula is C33H41N3O7S. The van der Waals surface area contributed by atoms with Crippen LogP contribution in [-0.4, -0.2) is 65.1 Å². The van der Waals surface area contributed by atoms with Gasteiger partial charge in [-0.3, -0.25) is 13.9 Å². The Hall–Kier alpha value is -4.25. The lowest BCUT2D eigenvalue weighted by Crippen LogP contribution is -2.53.